The first-order valence-corrected chi connectivity index (χ1v) is 7.29. The van der Waals surface area contributed by atoms with E-state index < -0.39 is 0 Å². The van der Waals surface area contributed by atoms with Crippen molar-refractivity contribution in [2.24, 2.45) is 0 Å². The van der Waals surface area contributed by atoms with Crippen molar-refractivity contribution in [1.29, 1.82) is 0 Å². The number of rotatable bonds is 4. The Morgan fingerprint density at radius 2 is 2.12 bits per heavy atom. The van der Waals surface area contributed by atoms with E-state index in [0.29, 0.717) is 6.10 Å². The zero-order valence-corrected chi connectivity index (χ0v) is 11.3. The zero-order chi connectivity index (χ0) is 11.4. The zero-order valence-electron chi connectivity index (χ0n) is 9.16. The molecule has 1 aliphatic rings. The Kier molecular flexibility index (Phi) is 4.58. The van der Waals surface area contributed by atoms with Crippen molar-refractivity contribution in [2.75, 3.05) is 4.43 Å². The molecular weight excluding hydrogens is 318 g/mol. The monoisotopic (exact) mass is 334 g/mol. The average Bonchev–Trinajstić information content (AvgIpc) is 2.78. The van der Waals surface area contributed by atoms with E-state index in [2.05, 4.69) is 22.6 Å². The number of hydrogen-bond donors (Lipinski definition) is 0. The fourth-order valence-electron chi connectivity index (χ4n) is 2.17. The Morgan fingerprint density at radius 3 is 2.75 bits per heavy atom. The maximum Gasteiger partial charge on any atom is 0.123 e. The molecule has 1 saturated carbocycles. The van der Waals surface area contributed by atoms with Crippen molar-refractivity contribution in [1.82, 2.24) is 0 Å². The summed E-state index contributed by atoms with van der Waals surface area (Å²) in [4.78, 5) is 0. The topological polar surface area (TPSA) is 9.23 Å². The van der Waals surface area contributed by atoms with Gasteiger partial charge in [-0.25, -0.2) is 4.39 Å². The van der Waals surface area contributed by atoms with Gasteiger partial charge in [-0.05, 0) is 30.5 Å². The Bertz CT molecular complexity index is 336. The van der Waals surface area contributed by atoms with Gasteiger partial charge in [-0.2, -0.15) is 0 Å². The quantitative estimate of drug-likeness (QED) is 0.591. The first-order chi connectivity index (χ1) is 7.79. The number of alkyl halides is 1. The molecule has 0 aliphatic heterocycles. The van der Waals surface area contributed by atoms with Crippen LogP contribution in [0.2, 0.25) is 0 Å². The summed E-state index contributed by atoms with van der Waals surface area (Å²) in [6.07, 6.45) is 5.26. The molecule has 16 heavy (non-hydrogen) atoms. The fraction of sp³-hybridized carbons (Fsp3) is 0.538. The molecule has 1 atom stereocenters. The van der Waals surface area contributed by atoms with E-state index in [-0.39, 0.29) is 11.9 Å². The van der Waals surface area contributed by atoms with E-state index in [9.17, 15) is 4.39 Å². The molecule has 88 valence electrons. The van der Waals surface area contributed by atoms with E-state index in [1.54, 1.807) is 12.1 Å². The lowest BCUT2D eigenvalue weighted by molar-refractivity contribution is 0.00512. The van der Waals surface area contributed by atoms with Gasteiger partial charge in [0, 0.05) is 4.43 Å². The third-order valence-electron chi connectivity index (χ3n) is 3.02. The molecule has 3 heteroatoms. The van der Waals surface area contributed by atoms with Gasteiger partial charge in [0.15, 0.2) is 0 Å². The molecule has 1 aromatic rings. The highest BCUT2D eigenvalue weighted by Gasteiger charge is 2.21. The van der Waals surface area contributed by atoms with Crippen LogP contribution in [-0.4, -0.2) is 10.5 Å². The van der Waals surface area contributed by atoms with Crippen LogP contribution in [0.15, 0.2) is 24.3 Å². The maximum atomic E-state index is 13.1. The molecule has 1 aliphatic carbocycles. The van der Waals surface area contributed by atoms with Gasteiger partial charge in [0.25, 0.3) is 0 Å². The van der Waals surface area contributed by atoms with Gasteiger partial charge < -0.3 is 4.74 Å². The molecule has 0 spiro atoms. The highest BCUT2D eigenvalue weighted by molar-refractivity contribution is 14.1. The SMILES string of the molecule is Fc1cccc(C(CI)OC2CCCC2)c1. The Morgan fingerprint density at radius 1 is 1.38 bits per heavy atom. The molecular formula is C13H16FIO. The summed E-state index contributed by atoms with van der Waals surface area (Å²) in [5.74, 6) is -0.178. The lowest BCUT2D eigenvalue weighted by atomic mass is 10.1. The summed E-state index contributed by atoms with van der Waals surface area (Å²) in [6, 6.07) is 6.75. The molecule has 1 nitrogen and oxygen atoms in total. The lowest BCUT2D eigenvalue weighted by Crippen LogP contribution is -2.14. The van der Waals surface area contributed by atoms with Crippen LogP contribution in [0.1, 0.15) is 37.4 Å². The normalized spacial score (nSPS) is 18.9. The standard InChI is InChI=1S/C13H16FIO/c14-11-5-3-4-10(8-11)13(9-15)16-12-6-1-2-7-12/h3-5,8,12-13H,1-2,6-7,9H2. The second kappa shape index (κ2) is 5.96. The van der Waals surface area contributed by atoms with E-state index >= 15 is 0 Å². The lowest BCUT2D eigenvalue weighted by Gasteiger charge is -2.20. The van der Waals surface area contributed by atoms with E-state index in [4.69, 9.17) is 4.74 Å². The second-order valence-corrected chi connectivity index (χ2v) is 5.12. The minimum absolute atomic E-state index is 0.0411. The van der Waals surface area contributed by atoms with Gasteiger partial charge in [-0.3, -0.25) is 0 Å². The van der Waals surface area contributed by atoms with Crippen LogP contribution in [0.3, 0.4) is 0 Å². The minimum atomic E-state index is -0.178. The van der Waals surface area contributed by atoms with Gasteiger partial charge in [0.2, 0.25) is 0 Å². The van der Waals surface area contributed by atoms with Gasteiger partial charge in [-0.1, -0.05) is 47.6 Å². The van der Waals surface area contributed by atoms with Crippen molar-refractivity contribution in [3.63, 3.8) is 0 Å². The number of halogens is 2. The Balaban J connectivity index is 2.03. The summed E-state index contributed by atoms with van der Waals surface area (Å²) in [7, 11) is 0. The third kappa shape index (κ3) is 3.17. The average molecular weight is 334 g/mol. The summed E-state index contributed by atoms with van der Waals surface area (Å²) < 4.78 is 20.0. The molecule has 2 rings (SSSR count). The molecule has 0 N–H and O–H groups in total. The first-order valence-electron chi connectivity index (χ1n) is 5.76. The number of hydrogen-bond acceptors (Lipinski definition) is 1. The van der Waals surface area contributed by atoms with E-state index in [1.165, 1.54) is 18.9 Å². The number of benzene rings is 1. The molecule has 0 saturated heterocycles. The van der Waals surface area contributed by atoms with Crippen LogP contribution in [0, 0.1) is 5.82 Å². The summed E-state index contributed by atoms with van der Waals surface area (Å²) in [5, 5.41) is 0. The van der Waals surface area contributed by atoms with Crippen LogP contribution < -0.4 is 0 Å². The summed E-state index contributed by atoms with van der Waals surface area (Å²) in [6.45, 7) is 0. The first kappa shape index (κ1) is 12.3. The maximum absolute atomic E-state index is 13.1. The third-order valence-corrected chi connectivity index (χ3v) is 3.82. The van der Waals surface area contributed by atoms with Gasteiger partial charge in [-0.15, -0.1) is 0 Å². The Hall–Kier alpha value is -0.160. The predicted molar refractivity (Wildman–Crippen MR) is 71.4 cm³/mol. The van der Waals surface area contributed by atoms with Crippen molar-refractivity contribution in [3.05, 3.63) is 35.6 Å². The molecule has 1 unspecified atom stereocenters. The molecule has 0 amide bonds. The van der Waals surface area contributed by atoms with Crippen LogP contribution in [-0.2, 0) is 4.74 Å². The van der Waals surface area contributed by atoms with Crippen LogP contribution in [0.5, 0.6) is 0 Å². The second-order valence-electron chi connectivity index (χ2n) is 4.24. The van der Waals surface area contributed by atoms with Crippen molar-refractivity contribution in [2.45, 2.75) is 37.9 Å². The molecule has 0 aromatic heterocycles. The number of ether oxygens (including phenoxy) is 1. The van der Waals surface area contributed by atoms with Crippen LogP contribution in [0.25, 0.3) is 0 Å². The molecule has 0 radical (unpaired) electrons. The van der Waals surface area contributed by atoms with Gasteiger partial charge in [0.05, 0.1) is 12.2 Å². The molecule has 0 bridgehead atoms. The Labute approximate surface area is 110 Å². The van der Waals surface area contributed by atoms with Crippen molar-refractivity contribution < 1.29 is 9.13 Å². The minimum Gasteiger partial charge on any atom is -0.369 e. The molecule has 0 heterocycles. The van der Waals surface area contributed by atoms with Gasteiger partial charge in [0.1, 0.15) is 5.82 Å². The molecule has 1 fully saturated rings. The van der Waals surface area contributed by atoms with Crippen molar-refractivity contribution in [3.8, 4) is 0 Å². The predicted octanol–water partition coefficient (Wildman–Crippen LogP) is 4.26. The van der Waals surface area contributed by atoms with E-state index in [1.807, 2.05) is 6.07 Å². The van der Waals surface area contributed by atoms with Crippen LogP contribution in [0.4, 0.5) is 4.39 Å². The van der Waals surface area contributed by atoms with Crippen LogP contribution >= 0.6 is 22.6 Å². The molecule has 1 aromatic carbocycles. The van der Waals surface area contributed by atoms with Crippen molar-refractivity contribution >= 4 is 22.6 Å². The summed E-state index contributed by atoms with van der Waals surface area (Å²) >= 11 is 2.30. The fourth-order valence-corrected chi connectivity index (χ4v) is 2.88. The highest BCUT2D eigenvalue weighted by atomic mass is 127. The largest absolute Gasteiger partial charge is 0.369 e. The van der Waals surface area contributed by atoms with Gasteiger partial charge >= 0.3 is 0 Å². The summed E-state index contributed by atoms with van der Waals surface area (Å²) in [5.41, 5.74) is 0.960. The van der Waals surface area contributed by atoms with E-state index in [0.717, 1.165) is 22.8 Å². The smallest absolute Gasteiger partial charge is 0.123 e. The highest BCUT2D eigenvalue weighted by Crippen LogP contribution is 2.29.